The van der Waals surface area contributed by atoms with Gasteiger partial charge in [0.1, 0.15) is 0 Å². The Morgan fingerprint density at radius 2 is 2.05 bits per heavy atom. The van der Waals surface area contributed by atoms with Crippen molar-refractivity contribution in [3.05, 3.63) is 29.3 Å². The van der Waals surface area contributed by atoms with Crippen LogP contribution in [0, 0.1) is 5.92 Å². The van der Waals surface area contributed by atoms with Gasteiger partial charge in [0.25, 0.3) is 0 Å². The fourth-order valence-electron chi connectivity index (χ4n) is 3.36. The fourth-order valence-corrected chi connectivity index (χ4v) is 3.71. The third-order valence-corrected chi connectivity index (χ3v) is 4.89. The van der Waals surface area contributed by atoms with Crippen LogP contribution < -0.4 is 4.90 Å². The lowest BCUT2D eigenvalue weighted by Gasteiger charge is -2.31. The van der Waals surface area contributed by atoms with E-state index in [-0.39, 0.29) is 0 Å². The van der Waals surface area contributed by atoms with Gasteiger partial charge in [0.05, 0.1) is 5.56 Å². The Kier molecular flexibility index (Phi) is 3.28. The van der Waals surface area contributed by atoms with E-state index < -0.39 is 11.7 Å². The van der Waals surface area contributed by atoms with Crippen LogP contribution >= 0.6 is 15.9 Å². The normalized spacial score (nSPS) is 26.2. The minimum absolute atomic E-state index is 0.306. The average molecular weight is 334 g/mol. The molecule has 2 aliphatic rings. The van der Waals surface area contributed by atoms with Crippen molar-refractivity contribution in [3.63, 3.8) is 0 Å². The van der Waals surface area contributed by atoms with Crippen LogP contribution in [0.1, 0.15) is 30.4 Å². The summed E-state index contributed by atoms with van der Waals surface area (Å²) in [4.78, 5) is 1.97. The van der Waals surface area contributed by atoms with E-state index in [1.165, 1.54) is 12.5 Å². The standard InChI is InChI=1S/C14H15BrF3N/c15-7-9-2-4-13(12(6-9)14(16,17)18)19-8-10-1-3-11(19)5-10/h2,4,6,10-11H,1,3,5,7-8H2. The molecule has 2 atom stereocenters. The highest BCUT2D eigenvalue weighted by molar-refractivity contribution is 9.08. The highest BCUT2D eigenvalue weighted by Gasteiger charge is 2.42. The summed E-state index contributed by atoms with van der Waals surface area (Å²) in [5, 5.41) is 0.447. The zero-order valence-electron chi connectivity index (χ0n) is 10.4. The molecule has 1 aromatic carbocycles. The zero-order chi connectivity index (χ0) is 13.6. The number of rotatable bonds is 2. The molecule has 1 saturated heterocycles. The molecule has 2 unspecified atom stereocenters. The molecule has 19 heavy (non-hydrogen) atoms. The number of alkyl halides is 4. The van der Waals surface area contributed by atoms with Gasteiger partial charge in [-0.2, -0.15) is 13.2 Å². The van der Waals surface area contributed by atoms with Gasteiger partial charge in [-0.05, 0) is 42.9 Å². The maximum atomic E-state index is 13.2. The van der Waals surface area contributed by atoms with E-state index in [0.717, 1.165) is 19.4 Å². The van der Waals surface area contributed by atoms with Crippen molar-refractivity contribution >= 4 is 21.6 Å². The smallest absolute Gasteiger partial charge is 0.368 e. The first-order valence-corrected chi connectivity index (χ1v) is 7.64. The summed E-state index contributed by atoms with van der Waals surface area (Å²) in [7, 11) is 0. The highest BCUT2D eigenvalue weighted by Crippen LogP contribution is 2.45. The van der Waals surface area contributed by atoms with Gasteiger partial charge in [-0.25, -0.2) is 0 Å². The van der Waals surface area contributed by atoms with Crippen LogP contribution in [0.4, 0.5) is 18.9 Å². The van der Waals surface area contributed by atoms with Crippen molar-refractivity contribution in [2.75, 3.05) is 11.4 Å². The van der Waals surface area contributed by atoms with E-state index in [9.17, 15) is 13.2 Å². The summed E-state index contributed by atoms with van der Waals surface area (Å²) >= 11 is 3.22. The van der Waals surface area contributed by atoms with Crippen LogP contribution in [0.5, 0.6) is 0 Å². The highest BCUT2D eigenvalue weighted by atomic mass is 79.9. The molecule has 1 nitrogen and oxygen atoms in total. The molecule has 1 aliphatic carbocycles. The second kappa shape index (κ2) is 4.69. The monoisotopic (exact) mass is 333 g/mol. The predicted octanol–water partition coefficient (Wildman–Crippen LogP) is 4.59. The fraction of sp³-hybridized carbons (Fsp3) is 0.571. The maximum Gasteiger partial charge on any atom is 0.418 e. The number of nitrogens with zero attached hydrogens (tertiary/aromatic N) is 1. The third-order valence-electron chi connectivity index (χ3n) is 4.24. The van der Waals surface area contributed by atoms with E-state index in [2.05, 4.69) is 15.9 Å². The summed E-state index contributed by atoms with van der Waals surface area (Å²) in [5.74, 6) is 0.585. The molecule has 1 heterocycles. The molecule has 1 aromatic rings. The Hall–Kier alpha value is -0.710. The van der Waals surface area contributed by atoms with Gasteiger partial charge < -0.3 is 4.90 Å². The van der Waals surface area contributed by atoms with E-state index >= 15 is 0 Å². The van der Waals surface area contributed by atoms with Crippen LogP contribution in [0.3, 0.4) is 0 Å². The molecule has 0 spiro atoms. The molecule has 0 radical (unpaired) electrons. The molecule has 0 N–H and O–H groups in total. The van der Waals surface area contributed by atoms with Crippen molar-refractivity contribution in [1.82, 2.24) is 0 Å². The van der Waals surface area contributed by atoms with Gasteiger partial charge in [-0.3, -0.25) is 0 Å². The lowest BCUT2D eigenvalue weighted by molar-refractivity contribution is -0.137. The minimum Gasteiger partial charge on any atom is -0.368 e. The Labute approximate surface area is 118 Å². The van der Waals surface area contributed by atoms with Crippen molar-refractivity contribution in [1.29, 1.82) is 0 Å². The summed E-state index contributed by atoms with van der Waals surface area (Å²) in [6.07, 6.45) is -1.03. The van der Waals surface area contributed by atoms with E-state index in [4.69, 9.17) is 0 Å². The van der Waals surface area contributed by atoms with Crippen molar-refractivity contribution in [3.8, 4) is 0 Å². The number of benzene rings is 1. The Balaban J connectivity index is 2.01. The van der Waals surface area contributed by atoms with Crippen LogP contribution in [0.2, 0.25) is 0 Å². The van der Waals surface area contributed by atoms with Gasteiger partial charge in [0.2, 0.25) is 0 Å². The summed E-state index contributed by atoms with van der Waals surface area (Å²) < 4.78 is 39.7. The predicted molar refractivity (Wildman–Crippen MR) is 72.6 cm³/mol. The summed E-state index contributed by atoms with van der Waals surface area (Å²) in [6, 6.07) is 5.00. The van der Waals surface area contributed by atoms with E-state index in [0.29, 0.717) is 28.5 Å². The first-order valence-electron chi connectivity index (χ1n) is 6.52. The molecule has 2 bridgehead atoms. The number of fused-ring (bicyclic) bond motifs is 2. The second-order valence-electron chi connectivity index (χ2n) is 5.47. The van der Waals surface area contributed by atoms with Crippen LogP contribution in [0.15, 0.2) is 18.2 Å². The molecule has 0 amide bonds. The van der Waals surface area contributed by atoms with Crippen molar-refractivity contribution < 1.29 is 13.2 Å². The number of halogens is 4. The molecule has 1 saturated carbocycles. The number of piperidine rings is 1. The average Bonchev–Trinajstić information content (AvgIpc) is 2.99. The lowest BCUT2D eigenvalue weighted by atomic mass is 10.0. The van der Waals surface area contributed by atoms with Crippen molar-refractivity contribution in [2.45, 2.75) is 36.8 Å². The summed E-state index contributed by atoms with van der Waals surface area (Å²) in [5.41, 5.74) is 0.543. The molecule has 5 heteroatoms. The first-order chi connectivity index (χ1) is 8.99. The van der Waals surface area contributed by atoms with Gasteiger partial charge in [-0.1, -0.05) is 22.0 Å². The summed E-state index contributed by atoms with van der Waals surface area (Å²) in [6.45, 7) is 0.779. The van der Waals surface area contributed by atoms with Gasteiger partial charge in [0.15, 0.2) is 0 Å². The van der Waals surface area contributed by atoms with Crippen LogP contribution in [-0.2, 0) is 11.5 Å². The molecule has 104 valence electrons. The van der Waals surface area contributed by atoms with E-state index in [1.807, 2.05) is 4.90 Å². The van der Waals surface area contributed by atoms with E-state index in [1.54, 1.807) is 12.1 Å². The van der Waals surface area contributed by atoms with Gasteiger partial charge >= 0.3 is 6.18 Å². The zero-order valence-corrected chi connectivity index (χ0v) is 12.0. The van der Waals surface area contributed by atoms with Crippen molar-refractivity contribution in [2.24, 2.45) is 5.92 Å². The molecular weight excluding hydrogens is 319 g/mol. The SMILES string of the molecule is FC(F)(F)c1cc(CBr)ccc1N1CC2CCC1C2. The second-order valence-corrected chi connectivity index (χ2v) is 6.03. The van der Waals surface area contributed by atoms with Gasteiger partial charge in [-0.15, -0.1) is 0 Å². The quantitative estimate of drug-likeness (QED) is 0.715. The lowest BCUT2D eigenvalue weighted by Crippen LogP contribution is -2.33. The minimum atomic E-state index is -4.28. The topological polar surface area (TPSA) is 3.24 Å². The number of hydrogen-bond acceptors (Lipinski definition) is 1. The van der Waals surface area contributed by atoms with Gasteiger partial charge in [0, 0.05) is 23.6 Å². The maximum absolute atomic E-state index is 13.2. The first kappa shape index (κ1) is 13.3. The number of hydrogen-bond donors (Lipinski definition) is 0. The molecule has 0 aromatic heterocycles. The van der Waals surface area contributed by atoms with Crippen LogP contribution in [-0.4, -0.2) is 12.6 Å². The Bertz CT molecular complexity index is 486. The number of anilines is 1. The molecule has 2 fully saturated rings. The largest absolute Gasteiger partial charge is 0.418 e. The molecule has 3 rings (SSSR count). The Morgan fingerprint density at radius 3 is 2.58 bits per heavy atom. The van der Waals surface area contributed by atoms with Crippen LogP contribution in [0.25, 0.3) is 0 Å². The molecule has 1 aliphatic heterocycles. The molecular formula is C14H15BrF3N. The third kappa shape index (κ3) is 2.37. The Morgan fingerprint density at radius 1 is 1.26 bits per heavy atom.